The molecule has 0 radical (unpaired) electrons. The van der Waals surface area contributed by atoms with Crippen LogP contribution in [0.4, 0.5) is 0 Å². The molecule has 0 fully saturated rings. The van der Waals surface area contributed by atoms with E-state index < -0.39 is 0 Å². The first-order chi connectivity index (χ1) is 9.47. The van der Waals surface area contributed by atoms with Gasteiger partial charge in [0.25, 0.3) is 5.56 Å². The van der Waals surface area contributed by atoms with Crippen LogP contribution in [0.5, 0.6) is 0 Å². The Morgan fingerprint density at radius 2 is 1.95 bits per heavy atom. The smallest absolute Gasteiger partial charge is 0.258 e. The van der Waals surface area contributed by atoms with Gasteiger partial charge in [0.2, 0.25) is 0 Å². The summed E-state index contributed by atoms with van der Waals surface area (Å²) in [5.74, 6) is 0.624. The highest BCUT2D eigenvalue weighted by atomic mass is 16.1. The largest absolute Gasteiger partial charge is 0.310 e. The molecule has 3 aromatic rings. The molecule has 1 aromatic carbocycles. The van der Waals surface area contributed by atoms with Gasteiger partial charge in [0.15, 0.2) is 0 Å². The lowest BCUT2D eigenvalue weighted by Crippen LogP contribution is -2.09. The molecule has 0 aliphatic heterocycles. The molecule has 0 saturated carbocycles. The second kappa shape index (κ2) is 4.30. The van der Waals surface area contributed by atoms with E-state index in [1.165, 1.54) is 0 Å². The lowest BCUT2D eigenvalue weighted by molar-refractivity contribution is 0.731. The maximum absolute atomic E-state index is 11.9. The fraction of sp³-hybridized carbons (Fsp3) is 0.267. The van der Waals surface area contributed by atoms with Crippen LogP contribution in [0.1, 0.15) is 17.2 Å². The zero-order chi connectivity index (χ0) is 14.4. The zero-order valence-electron chi connectivity index (χ0n) is 12.0. The number of rotatable bonds is 1. The first-order valence-corrected chi connectivity index (χ1v) is 6.48. The van der Waals surface area contributed by atoms with Crippen molar-refractivity contribution in [2.75, 3.05) is 0 Å². The van der Waals surface area contributed by atoms with E-state index in [4.69, 9.17) is 0 Å². The van der Waals surface area contributed by atoms with E-state index in [-0.39, 0.29) is 5.56 Å². The van der Waals surface area contributed by atoms with Crippen LogP contribution >= 0.6 is 0 Å². The van der Waals surface area contributed by atoms with Crippen LogP contribution in [0, 0.1) is 20.8 Å². The lowest BCUT2D eigenvalue weighted by Gasteiger charge is -2.05. The SMILES string of the molecule is Cc1nc2cc(-c3c(C)nn(C)c3C)ccc2c(=O)[nH]1. The molecule has 2 heterocycles. The molecular weight excluding hydrogens is 252 g/mol. The fourth-order valence-corrected chi connectivity index (χ4v) is 2.60. The van der Waals surface area contributed by atoms with Crippen molar-refractivity contribution in [3.8, 4) is 11.1 Å². The molecule has 102 valence electrons. The normalized spacial score (nSPS) is 11.2. The van der Waals surface area contributed by atoms with Gasteiger partial charge in [0, 0.05) is 18.3 Å². The summed E-state index contributed by atoms with van der Waals surface area (Å²) < 4.78 is 1.87. The van der Waals surface area contributed by atoms with E-state index in [0.29, 0.717) is 16.7 Å². The van der Waals surface area contributed by atoms with Crippen LogP contribution < -0.4 is 5.56 Å². The van der Waals surface area contributed by atoms with Gasteiger partial charge in [-0.2, -0.15) is 5.10 Å². The highest BCUT2D eigenvalue weighted by Gasteiger charge is 2.13. The molecule has 0 amide bonds. The number of hydrogen-bond acceptors (Lipinski definition) is 3. The number of benzene rings is 1. The standard InChI is InChI=1S/C15H16N4O/c1-8-14(9(2)19(4)18-8)11-5-6-12-13(7-11)16-10(3)17-15(12)20/h5-7H,1-4H3,(H,16,17,20). The topological polar surface area (TPSA) is 63.6 Å². The molecule has 5 nitrogen and oxygen atoms in total. The van der Waals surface area contributed by atoms with Crippen molar-refractivity contribution in [1.29, 1.82) is 0 Å². The first kappa shape index (κ1) is 12.6. The Bertz CT molecular complexity index is 873. The summed E-state index contributed by atoms with van der Waals surface area (Å²) in [4.78, 5) is 19.0. The molecule has 0 unspecified atom stereocenters. The molecular formula is C15H16N4O. The monoisotopic (exact) mass is 268 g/mol. The Labute approximate surface area is 116 Å². The molecule has 0 saturated heterocycles. The van der Waals surface area contributed by atoms with Gasteiger partial charge in [0.1, 0.15) is 5.82 Å². The number of hydrogen-bond donors (Lipinski definition) is 1. The Hall–Kier alpha value is -2.43. The Kier molecular flexibility index (Phi) is 2.71. The van der Waals surface area contributed by atoms with Crippen LogP contribution in [0.3, 0.4) is 0 Å². The third-order valence-corrected chi connectivity index (χ3v) is 3.62. The fourth-order valence-electron chi connectivity index (χ4n) is 2.60. The van der Waals surface area contributed by atoms with Crippen LogP contribution in [-0.4, -0.2) is 19.7 Å². The number of aromatic nitrogens is 4. The minimum absolute atomic E-state index is 0.0984. The van der Waals surface area contributed by atoms with Gasteiger partial charge in [-0.15, -0.1) is 0 Å². The number of nitrogens with zero attached hydrogens (tertiary/aromatic N) is 3. The Morgan fingerprint density at radius 3 is 2.60 bits per heavy atom. The summed E-state index contributed by atoms with van der Waals surface area (Å²) >= 11 is 0. The summed E-state index contributed by atoms with van der Waals surface area (Å²) in [5.41, 5.74) is 4.84. The van der Waals surface area contributed by atoms with Crippen molar-refractivity contribution in [1.82, 2.24) is 19.7 Å². The number of aromatic amines is 1. The molecule has 0 spiro atoms. The van der Waals surface area contributed by atoms with Crippen molar-refractivity contribution in [3.05, 3.63) is 45.8 Å². The maximum atomic E-state index is 11.9. The zero-order valence-corrected chi connectivity index (χ0v) is 12.0. The van der Waals surface area contributed by atoms with Crippen molar-refractivity contribution < 1.29 is 0 Å². The molecule has 0 aliphatic carbocycles. The van der Waals surface area contributed by atoms with E-state index in [2.05, 4.69) is 15.1 Å². The Balaban J connectivity index is 2.31. The highest BCUT2D eigenvalue weighted by Crippen LogP contribution is 2.28. The summed E-state index contributed by atoms with van der Waals surface area (Å²) in [6, 6.07) is 5.72. The summed E-state index contributed by atoms with van der Waals surface area (Å²) in [5, 5.41) is 5.04. The predicted molar refractivity (Wildman–Crippen MR) is 78.8 cm³/mol. The second-order valence-electron chi connectivity index (χ2n) is 5.05. The quantitative estimate of drug-likeness (QED) is 0.736. The minimum Gasteiger partial charge on any atom is -0.310 e. The molecule has 3 rings (SSSR count). The average Bonchev–Trinajstić information content (AvgIpc) is 2.62. The molecule has 0 aliphatic rings. The maximum Gasteiger partial charge on any atom is 0.258 e. The van der Waals surface area contributed by atoms with E-state index in [9.17, 15) is 4.79 Å². The van der Waals surface area contributed by atoms with E-state index in [1.807, 2.05) is 43.8 Å². The average molecular weight is 268 g/mol. The van der Waals surface area contributed by atoms with Gasteiger partial charge in [-0.3, -0.25) is 9.48 Å². The molecule has 20 heavy (non-hydrogen) atoms. The molecule has 0 atom stereocenters. The molecule has 2 aromatic heterocycles. The van der Waals surface area contributed by atoms with Crippen LogP contribution in [0.2, 0.25) is 0 Å². The number of aryl methyl sites for hydroxylation is 3. The van der Waals surface area contributed by atoms with Crippen molar-refractivity contribution >= 4 is 10.9 Å². The predicted octanol–water partition coefficient (Wildman–Crippen LogP) is 2.25. The van der Waals surface area contributed by atoms with Gasteiger partial charge < -0.3 is 4.98 Å². The molecule has 0 bridgehead atoms. The number of fused-ring (bicyclic) bond motifs is 1. The van der Waals surface area contributed by atoms with Gasteiger partial charge in [0.05, 0.1) is 16.6 Å². The van der Waals surface area contributed by atoms with E-state index >= 15 is 0 Å². The van der Waals surface area contributed by atoms with Crippen LogP contribution in [-0.2, 0) is 7.05 Å². The van der Waals surface area contributed by atoms with Crippen molar-refractivity contribution in [2.24, 2.45) is 7.05 Å². The van der Waals surface area contributed by atoms with Crippen LogP contribution in [0.15, 0.2) is 23.0 Å². The summed E-state index contributed by atoms with van der Waals surface area (Å²) in [7, 11) is 1.93. The van der Waals surface area contributed by atoms with Gasteiger partial charge in [-0.25, -0.2) is 4.98 Å². The van der Waals surface area contributed by atoms with Crippen molar-refractivity contribution in [2.45, 2.75) is 20.8 Å². The number of H-pyrrole nitrogens is 1. The first-order valence-electron chi connectivity index (χ1n) is 6.48. The third kappa shape index (κ3) is 1.82. The molecule has 5 heteroatoms. The second-order valence-corrected chi connectivity index (χ2v) is 5.05. The van der Waals surface area contributed by atoms with Gasteiger partial charge >= 0.3 is 0 Å². The number of nitrogens with one attached hydrogen (secondary N) is 1. The summed E-state index contributed by atoms with van der Waals surface area (Å²) in [6.45, 7) is 5.81. The Morgan fingerprint density at radius 1 is 1.20 bits per heavy atom. The van der Waals surface area contributed by atoms with Gasteiger partial charge in [-0.05, 0) is 38.5 Å². The third-order valence-electron chi connectivity index (χ3n) is 3.62. The van der Waals surface area contributed by atoms with E-state index in [1.54, 1.807) is 6.92 Å². The lowest BCUT2D eigenvalue weighted by atomic mass is 10.0. The van der Waals surface area contributed by atoms with Crippen molar-refractivity contribution in [3.63, 3.8) is 0 Å². The van der Waals surface area contributed by atoms with E-state index in [0.717, 1.165) is 22.5 Å². The molecule has 1 N–H and O–H groups in total. The van der Waals surface area contributed by atoms with Gasteiger partial charge in [-0.1, -0.05) is 6.07 Å². The summed E-state index contributed by atoms with van der Waals surface area (Å²) in [6.07, 6.45) is 0. The highest BCUT2D eigenvalue weighted by molar-refractivity contribution is 5.84. The van der Waals surface area contributed by atoms with Crippen LogP contribution in [0.25, 0.3) is 22.0 Å². The minimum atomic E-state index is -0.0984.